The Morgan fingerprint density at radius 1 is 0.762 bits per heavy atom. The lowest BCUT2D eigenvalue weighted by Crippen LogP contribution is -2.50. The van der Waals surface area contributed by atoms with Crippen molar-refractivity contribution in [2.24, 2.45) is 0 Å². The lowest BCUT2D eigenvalue weighted by molar-refractivity contribution is -0.0622. The van der Waals surface area contributed by atoms with Crippen LogP contribution in [0.5, 0.6) is 5.75 Å². The fourth-order valence-electron chi connectivity index (χ4n) is 5.63. The maximum absolute atomic E-state index is 6.67. The molecule has 3 atom stereocenters. The second-order valence-corrected chi connectivity index (χ2v) is 10.9. The molecule has 0 aromatic heterocycles. The number of hydrogen-bond donors (Lipinski definition) is 1. The van der Waals surface area contributed by atoms with Crippen LogP contribution >= 0.6 is 0 Å². The van der Waals surface area contributed by atoms with Crippen molar-refractivity contribution in [3.63, 3.8) is 0 Å². The second kappa shape index (κ2) is 18.4. The van der Waals surface area contributed by atoms with Crippen molar-refractivity contribution in [1.29, 1.82) is 0 Å². The molecule has 2 aliphatic heterocycles. The molecule has 1 fully saturated rings. The first-order valence-electron chi connectivity index (χ1n) is 15.3. The van der Waals surface area contributed by atoms with E-state index in [0.29, 0.717) is 46.2 Å². The van der Waals surface area contributed by atoms with Crippen molar-refractivity contribution in [2.75, 3.05) is 92.0 Å². The summed E-state index contributed by atoms with van der Waals surface area (Å²) in [5, 5.41) is 3.55. The van der Waals surface area contributed by atoms with E-state index in [1.54, 1.807) is 21.3 Å². The Morgan fingerprint density at radius 3 is 2.21 bits per heavy atom. The van der Waals surface area contributed by atoms with Gasteiger partial charge in [0.1, 0.15) is 12.4 Å². The number of piperidine rings is 1. The number of anilines is 1. The van der Waals surface area contributed by atoms with Gasteiger partial charge in [-0.15, -0.1) is 0 Å². The van der Waals surface area contributed by atoms with E-state index in [4.69, 9.17) is 33.2 Å². The molecule has 9 nitrogen and oxygen atoms in total. The number of benzene rings is 2. The van der Waals surface area contributed by atoms with Crippen molar-refractivity contribution in [1.82, 2.24) is 5.32 Å². The molecule has 2 heterocycles. The van der Waals surface area contributed by atoms with E-state index < -0.39 is 0 Å². The number of nitrogens with one attached hydrogen (secondary N) is 1. The fourth-order valence-corrected chi connectivity index (χ4v) is 5.63. The Balaban J connectivity index is 1.43. The Bertz CT molecular complexity index is 1020. The van der Waals surface area contributed by atoms with Gasteiger partial charge in [-0.2, -0.15) is 0 Å². The van der Waals surface area contributed by atoms with E-state index in [0.717, 1.165) is 74.6 Å². The number of hydrogen-bond acceptors (Lipinski definition) is 9. The summed E-state index contributed by atoms with van der Waals surface area (Å²) in [7, 11) is 5.19. The molecule has 0 radical (unpaired) electrons. The van der Waals surface area contributed by atoms with Gasteiger partial charge in [-0.3, -0.25) is 0 Å². The van der Waals surface area contributed by atoms with Crippen LogP contribution in [0.1, 0.15) is 41.9 Å². The highest BCUT2D eigenvalue weighted by Crippen LogP contribution is 2.34. The van der Waals surface area contributed by atoms with Crippen LogP contribution in [-0.2, 0) is 41.6 Å². The van der Waals surface area contributed by atoms with Gasteiger partial charge in [0, 0.05) is 79.9 Å². The molecule has 0 amide bonds. The summed E-state index contributed by atoms with van der Waals surface area (Å²) in [6, 6.07) is 15.1. The van der Waals surface area contributed by atoms with Crippen LogP contribution in [0.15, 0.2) is 42.5 Å². The zero-order chi connectivity index (χ0) is 29.4. The van der Waals surface area contributed by atoms with E-state index in [1.807, 2.05) is 0 Å². The molecule has 1 saturated heterocycles. The van der Waals surface area contributed by atoms with Crippen LogP contribution in [0.4, 0.5) is 5.69 Å². The minimum Gasteiger partial charge on any atom is -0.490 e. The molecule has 4 rings (SSSR count). The summed E-state index contributed by atoms with van der Waals surface area (Å²) in [6.07, 6.45) is 2.71. The molecule has 9 heteroatoms. The van der Waals surface area contributed by atoms with Crippen molar-refractivity contribution >= 4 is 5.69 Å². The average molecular weight is 587 g/mol. The summed E-state index contributed by atoms with van der Waals surface area (Å²) >= 11 is 0. The van der Waals surface area contributed by atoms with Crippen LogP contribution in [0.2, 0.25) is 0 Å². The van der Waals surface area contributed by atoms with E-state index in [2.05, 4.69) is 52.7 Å². The molecule has 0 aliphatic carbocycles. The van der Waals surface area contributed by atoms with E-state index in [-0.39, 0.29) is 18.1 Å². The van der Waals surface area contributed by atoms with Gasteiger partial charge in [-0.05, 0) is 48.1 Å². The molecule has 0 unspecified atom stereocenters. The number of methoxy groups -OCH3 is 3. The monoisotopic (exact) mass is 586 g/mol. The topological polar surface area (TPSA) is 79.9 Å². The first-order chi connectivity index (χ1) is 20.7. The third-order valence-electron chi connectivity index (χ3n) is 7.81. The number of nitrogens with zero attached hydrogens (tertiary/aromatic N) is 1. The van der Waals surface area contributed by atoms with Gasteiger partial charge in [0.05, 0.1) is 37.7 Å². The zero-order valence-electron chi connectivity index (χ0n) is 25.7. The van der Waals surface area contributed by atoms with Crippen LogP contribution in [0, 0.1) is 0 Å². The van der Waals surface area contributed by atoms with Gasteiger partial charge in [0.15, 0.2) is 0 Å². The van der Waals surface area contributed by atoms with Crippen molar-refractivity contribution in [2.45, 2.75) is 50.6 Å². The van der Waals surface area contributed by atoms with Gasteiger partial charge >= 0.3 is 0 Å². The summed E-state index contributed by atoms with van der Waals surface area (Å²) in [5.74, 6) is 1.05. The minimum absolute atomic E-state index is 0.00459. The average Bonchev–Trinajstić information content (AvgIpc) is 3.02. The molecule has 42 heavy (non-hydrogen) atoms. The summed E-state index contributed by atoms with van der Waals surface area (Å²) < 4.78 is 40.4. The quantitative estimate of drug-likeness (QED) is 0.244. The highest BCUT2D eigenvalue weighted by Gasteiger charge is 2.36. The smallest absolute Gasteiger partial charge is 0.142 e. The lowest BCUT2D eigenvalue weighted by atomic mass is 9.85. The van der Waals surface area contributed by atoms with E-state index in [9.17, 15) is 0 Å². The van der Waals surface area contributed by atoms with Gasteiger partial charge in [0.2, 0.25) is 0 Å². The second-order valence-electron chi connectivity index (χ2n) is 10.9. The SMILES string of the molecule is COCCCOCc1ccc([C@@H]2[C@@H](OCc3ccc4c(c3)N(CCCOC)CCO4)CNC[C@H]2OCCCOC)cc1. The normalized spacial score (nSPS) is 20.4. The highest BCUT2D eigenvalue weighted by molar-refractivity contribution is 5.61. The Labute approximate surface area is 251 Å². The molecule has 0 bridgehead atoms. The molecular formula is C33H50N2O7. The Morgan fingerprint density at radius 2 is 1.45 bits per heavy atom. The maximum atomic E-state index is 6.67. The van der Waals surface area contributed by atoms with Crippen molar-refractivity contribution in [3.8, 4) is 5.75 Å². The predicted octanol–water partition coefficient (Wildman–Crippen LogP) is 4.17. The van der Waals surface area contributed by atoms with Gasteiger partial charge in [-0.1, -0.05) is 30.3 Å². The molecule has 2 aliphatic rings. The van der Waals surface area contributed by atoms with Gasteiger partial charge in [-0.25, -0.2) is 0 Å². The molecule has 1 N–H and O–H groups in total. The third kappa shape index (κ3) is 9.91. The highest BCUT2D eigenvalue weighted by atomic mass is 16.5. The minimum atomic E-state index is -0.0348. The lowest BCUT2D eigenvalue weighted by Gasteiger charge is -2.39. The van der Waals surface area contributed by atoms with E-state index in [1.165, 1.54) is 5.56 Å². The van der Waals surface area contributed by atoms with Crippen LogP contribution in [0.3, 0.4) is 0 Å². The van der Waals surface area contributed by atoms with Gasteiger partial charge < -0.3 is 43.4 Å². The predicted molar refractivity (Wildman–Crippen MR) is 164 cm³/mol. The summed E-state index contributed by atoms with van der Waals surface area (Å²) in [4.78, 5) is 2.39. The first kappa shape index (κ1) is 32.7. The molecule has 2 aromatic rings. The molecule has 234 valence electrons. The van der Waals surface area contributed by atoms with Crippen LogP contribution in [-0.4, -0.2) is 99.4 Å². The Kier molecular flexibility index (Phi) is 14.3. The van der Waals surface area contributed by atoms with Crippen LogP contribution < -0.4 is 15.0 Å². The summed E-state index contributed by atoms with van der Waals surface area (Å²) in [5.41, 5.74) is 4.66. The molecule has 2 aromatic carbocycles. The fraction of sp³-hybridized carbons (Fsp3) is 0.636. The van der Waals surface area contributed by atoms with E-state index >= 15 is 0 Å². The van der Waals surface area contributed by atoms with Crippen molar-refractivity contribution < 1.29 is 33.2 Å². The summed E-state index contributed by atoms with van der Waals surface area (Å²) in [6.45, 7) is 8.70. The first-order valence-corrected chi connectivity index (χ1v) is 15.3. The number of fused-ring (bicyclic) bond motifs is 1. The van der Waals surface area contributed by atoms with Gasteiger partial charge in [0.25, 0.3) is 0 Å². The standard InChI is InChI=1S/C33H50N2O7/c1-36-15-4-13-35-14-20-41-30-12-9-27(21-29(30)35)25-42-32-23-34-22-31(40-19-6-17-38-3)33(32)28-10-7-26(8-11-28)24-39-18-5-16-37-2/h7-12,21,31-34H,4-6,13-20,22-25H2,1-3H3/t31-,32+,33+/m1/s1. The van der Waals surface area contributed by atoms with Crippen molar-refractivity contribution in [3.05, 3.63) is 59.2 Å². The number of ether oxygens (including phenoxy) is 7. The zero-order valence-corrected chi connectivity index (χ0v) is 25.7. The maximum Gasteiger partial charge on any atom is 0.142 e. The third-order valence-corrected chi connectivity index (χ3v) is 7.81. The molecule has 0 saturated carbocycles. The Hall–Kier alpha value is -2.24. The number of rotatable bonds is 19. The molecular weight excluding hydrogens is 536 g/mol. The molecule has 0 spiro atoms. The van der Waals surface area contributed by atoms with Crippen LogP contribution in [0.25, 0.3) is 0 Å². The largest absolute Gasteiger partial charge is 0.490 e.